The predicted molar refractivity (Wildman–Crippen MR) is 92.7 cm³/mol. The van der Waals surface area contributed by atoms with Crippen molar-refractivity contribution < 1.29 is 9.90 Å². The van der Waals surface area contributed by atoms with Crippen molar-refractivity contribution in [2.75, 3.05) is 13.1 Å². The maximum Gasteiger partial charge on any atom is 0.275 e. The first kappa shape index (κ1) is 16.5. The van der Waals surface area contributed by atoms with Gasteiger partial charge in [-0.1, -0.05) is 26.0 Å². The first-order valence-corrected chi connectivity index (χ1v) is 8.45. The van der Waals surface area contributed by atoms with E-state index in [1.807, 2.05) is 24.3 Å². The van der Waals surface area contributed by atoms with Gasteiger partial charge in [0.2, 0.25) is 0 Å². The standard InChI is InChI=1S/C18H24N4O2/c1-12(2)13-5-7-15(8-6-13)22-11-16(23)17(21-22)18(24)20-10-14-4-3-9-19-14/h5-8,11-12,14,19,23H,3-4,9-10H2,1-2H3,(H,20,24). The highest BCUT2D eigenvalue weighted by molar-refractivity contribution is 5.94. The quantitative estimate of drug-likeness (QED) is 0.786. The van der Waals surface area contributed by atoms with Crippen LogP contribution < -0.4 is 10.6 Å². The van der Waals surface area contributed by atoms with Gasteiger partial charge in [-0.15, -0.1) is 0 Å². The minimum absolute atomic E-state index is 0.0564. The van der Waals surface area contributed by atoms with E-state index < -0.39 is 0 Å². The Morgan fingerprint density at radius 2 is 2.17 bits per heavy atom. The molecule has 3 N–H and O–H groups in total. The third-order valence-corrected chi connectivity index (χ3v) is 4.41. The van der Waals surface area contributed by atoms with E-state index in [1.54, 1.807) is 0 Å². The molecule has 1 unspecified atom stereocenters. The molecular formula is C18H24N4O2. The van der Waals surface area contributed by atoms with Gasteiger partial charge < -0.3 is 15.7 Å². The van der Waals surface area contributed by atoms with Gasteiger partial charge in [0, 0.05) is 12.6 Å². The van der Waals surface area contributed by atoms with Crippen LogP contribution in [0.15, 0.2) is 30.5 Å². The lowest BCUT2D eigenvalue weighted by molar-refractivity contribution is 0.0942. The Balaban J connectivity index is 1.70. The van der Waals surface area contributed by atoms with Crippen molar-refractivity contribution in [1.82, 2.24) is 20.4 Å². The first-order valence-electron chi connectivity index (χ1n) is 8.45. The molecule has 1 aliphatic rings. The Hall–Kier alpha value is -2.34. The van der Waals surface area contributed by atoms with Crippen molar-refractivity contribution in [3.05, 3.63) is 41.7 Å². The van der Waals surface area contributed by atoms with Crippen LogP contribution in [0.2, 0.25) is 0 Å². The molecule has 24 heavy (non-hydrogen) atoms. The second-order valence-corrected chi connectivity index (χ2v) is 6.56. The minimum atomic E-state index is -0.348. The van der Waals surface area contributed by atoms with Crippen LogP contribution in [0.4, 0.5) is 0 Å². The van der Waals surface area contributed by atoms with Crippen LogP contribution in [-0.2, 0) is 0 Å². The van der Waals surface area contributed by atoms with Crippen molar-refractivity contribution in [1.29, 1.82) is 0 Å². The van der Waals surface area contributed by atoms with E-state index in [2.05, 4.69) is 29.6 Å². The molecule has 1 aliphatic heterocycles. The summed E-state index contributed by atoms with van der Waals surface area (Å²) in [6, 6.07) is 8.24. The summed E-state index contributed by atoms with van der Waals surface area (Å²) in [7, 11) is 0. The molecule has 1 fully saturated rings. The molecule has 6 heteroatoms. The number of hydrogen-bond donors (Lipinski definition) is 3. The number of amides is 1. The van der Waals surface area contributed by atoms with E-state index in [1.165, 1.54) is 16.4 Å². The van der Waals surface area contributed by atoms with Crippen LogP contribution in [0.5, 0.6) is 5.75 Å². The summed E-state index contributed by atoms with van der Waals surface area (Å²) in [5, 5.41) is 20.4. The Bertz CT molecular complexity index is 700. The molecule has 0 spiro atoms. The van der Waals surface area contributed by atoms with Crippen molar-refractivity contribution in [3.8, 4) is 11.4 Å². The number of aromatic hydroxyl groups is 1. The molecule has 1 amide bonds. The lowest BCUT2D eigenvalue weighted by atomic mass is 10.0. The molecule has 1 saturated heterocycles. The average molecular weight is 328 g/mol. The number of rotatable bonds is 5. The molecule has 1 aromatic heterocycles. The van der Waals surface area contributed by atoms with Gasteiger partial charge >= 0.3 is 0 Å². The smallest absolute Gasteiger partial charge is 0.275 e. The van der Waals surface area contributed by atoms with Gasteiger partial charge in [-0.05, 0) is 43.0 Å². The molecule has 1 aromatic carbocycles. The van der Waals surface area contributed by atoms with Gasteiger partial charge in [0.25, 0.3) is 5.91 Å². The van der Waals surface area contributed by atoms with Crippen LogP contribution in [0, 0.1) is 0 Å². The Morgan fingerprint density at radius 3 is 2.79 bits per heavy atom. The average Bonchev–Trinajstić information content (AvgIpc) is 3.22. The van der Waals surface area contributed by atoms with Crippen LogP contribution >= 0.6 is 0 Å². The molecular weight excluding hydrogens is 304 g/mol. The Labute approximate surface area is 141 Å². The normalized spacial score (nSPS) is 17.4. The van der Waals surface area contributed by atoms with Gasteiger partial charge in [-0.2, -0.15) is 5.10 Å². The molecule has 2 aromatic rings. The van der Waals surface area contributed by atoms with Crippen LogP contribution in [0.3, 0.4) is 0 Å². The molecule has 1 atom stereocenters. The maximum absolute atomic E-state index is 12.2. The molecule has 0 radical (unpaired) electrons. The summed E-state index contributed by atoms with van der Waals surface area (Å²) in [6.07, 6.45) is 3.66. The number of carbonyl (C=O) groups is 1. The zero-order chi connectivity index (χ0) is 17.1. The monoisotopic (exact) mass is 328 g/mol. The summed E-state index contributed by atoms with van der Waals surface area (Å²) in [4.78, 5) is 12.2. The van der Waals surface area contributed by atoms with E-state index in [0.29, 0.717) is 18.5 Å². The largest absolute Gasteiger partial charge is 0.504 e. The number of carbonyl (C=O) groups excluding carboxylic acids is 1. The lowest BCUT2D eigenvalue weighted by Gasteiger charge is -2.10. The fourth-order valence-electron chi connectivity index (χ4n) is 2.90. The third-order valence-electron chi connectivity index (χ3n) is 4.41. The van der Waals surface area contributed by atoms with Crippen molar-refractivity contribution >= 4 is 5.91 Å². The molecule has 2 heterocycles. The number of aromatic nitrogens is 2. The molecule has 0 aliphatic carbocycles. The second-order valence-electron chi connectivity index (χ2n) is 6.56. The highest BCUT2D eigenvalue weighted by Gasteiger charge is 2.20. The lowest BCUT2D eigenvalue weighted by Crippen LogP contribution is -2.37. The van der Waals surface area contributed by atoms with Crippen molar-refractivity contribution in [3.63, 3.8) is 0 Å². The Morgan fingerprint density at radius 1 is 1.42 bits per heavy atom. The number of benzene rings is 1. The van der Waals surface area contributed by atoms with Crippen LogP contribution in [0.1, 0.15) is 48.7 Å². The molecule has 128 valence electrons. The summed E-state index contributed by atoms with van der Waals surface area (Å²) in [5.74, 6) is -0.00539. The topological polar surface area (TPSA) is 79.2 Å². The maximum atomic E-state index is 12.2. The molecule has 6 nitrogen and oxygen atoms in total. The summed E-state index contributed by atoms with van der Waals surface area (Å²) < 4.78 is 1.53. The zero-order valence-corrected chi connectivity index (χ0v) is 14.1. The van der Waals surface area contributed by atoms with Gasteiger partial charge in [0.05, 0.1) is 11.9 Å². The van der Waals surface area contributed by atoms with E-state index >= 15 is 0 Å². The van der Waals surface area contributed by atoms with E-state index in [4.69, 9.17) is 0 Å². The number of hydrogen-bond acceptors (Lipinski definition) is 4. The van der Waals surface area contributed by atoms with E-state index in [9.17, 15) is 9.90 Å². The summed E-state index contributed by atoms with van der Waals surface area (Å²) >= 11 is 0. The summed E-state index contributed by atoms with van der Waals surface area (Å²) in [5.41, 5.74) is 2.10. The first-order chi connectivity index (χ1) is 11.5. The van der Waals surface area contributed by atoms with Gasteiger partial charge in [0.15, 0.2) is 11.4 Å². The SMILES string of the molecule is CC(C)c1ccc(-n2cc(O)c(C(=O)NCC3CCCN3)n2)cc1. The van der Waals surface area contributed by atoms with Gasteiger partial charge in [-0.25, -0.2) is 4.68 Å². The summed E-state index contributed by atoms with van der Waals surface area (Å²) in [6.45, 7) is 5.81. The van der Waals surface area contributed by atoms with E-state index in [0.717, 1.165) is 25.1 Å². The van der Waals surface area contributed by atoms with Gasteiger partial charge in [-0.3, -0.25) is 4.79 Å². The van der Waals surface area contributed by atoms with Crippen LogP contribution in [0.25, 0.3) is 5.69 Å². The zero-order valence-electron chi connectivity index (χ0n) is 14.1. The van der Waals surface area contributed by atoms with Crippen molar-refractivity contribution in [2.45, 2.75) is 38.6 Å². The van der Waals surface area contributed by atoms with E-state index in [-0.39, 0.29) is 17.4 Å². The molecule has 0 saturated carbocycles. The highest BCUT2D eigenvalue weighted by Crippen LogP contribution is 2.20. The Kier molecular flexibility index (Phi) is 4.85. The highest BCUT2D eigenvalue weighted by atomic mass is 16.3. The molecule has 0 bridgehead atoms. The third kappa shape index (κ3) is 3.59. The molecule has 3 rings (SSSR count). The fraction of sp³-hybridized carbons (Fsp3) is 0.444. The fourth-order valence-corrected chi connectivity index (χ4v) is 2.90. The van der Waals surface area contributed by atoms with Crippen molar-refractivity contribution in [2.24, 2.45) is 0 Å². The number of nitrogens with zero attached hydrogens (tertiary/aromatic N) is 2. The minimum Gasteiger partial charge on any atom is -0.504 e. The van der Waals surface area contributed by atoms with Crippen LogP contribution in [-0.4, -0.2) is 39.9 Å². The predicted octanol–water partition coefficient (Wildman–Crippen LogP) is 2.18. The second kappa shape index (κ2) is 7.05. The van der Waals surface area contributed by atoms with Gasteiger partial charge in [0.1, 0.15) is 0 Å². The number of nitrogens with one attached hydrogen (secondary N) is 2.